The molecule has 34 heavy (non-hydrogen) atoms. The van der Waals surface area contributed by atoms with Gasteiger partial charge in [0.15, 0.2) is 0 Å². The number of carboxylic acids is 1. The highest BCUT2D eigenvalue weighted by Crippen LogP contribution is 2.46. The van der Waals surface area contributed by atoms with Crippen LogP contribution in [0.1, 0.15) is 52.5 Å². The maximum Gasteiger partial charge on any atom is 0.316 e. The molecule has 10 heteroatoms. The third-order valence-electron chi connectivity index (χ3n) is 6.20. The Kier molecular flexibility index (Phi) is 8.27. The quantitative estimate of drug-likeness (QED) is 0.357. The van der Waals surface area contributed by atoms with Crippen LogP contribution < -0.4 is 15.0 Å². The molecule has 0 bridgehead atoms. The van der Waals surface area contributed by atoms with Gasteiger partial charge in [0.05, 0.1) is 42.5 Å². The molecular weight excluding hydrogens is 456 g/mol. The van der Waals surface area contributed by atoms with Gasteiger partial charge in [-0.15, -0.1) is 0 Å². The maximum atomic E-state index is 11.4. The molecule has 0 aliphatic carbocycles. The molecule has 0 atom stereocenters. The molecule has 1 aromatic heterocycles. The van der Waals surface area contributed by atoms with Gasteiger partial charge in [-0.3, -0.25) is 13.9 Å². The van der Waals surface area contributed by atoms with Crippen LogP contribution in [-0.4, -0.2) is 60.8 Å². The van der Waals surface area contributed by atoms with Crippen LogP contribution in [0.4, 0.5) is 17.1 Å². The standard InChI is InChI=1S/C24H36N4O5S/c1-5-28(19-9-11-34(31,32)12-10-19)21-8-7-17(24(3,4)14-22(29)30)13-20(21)27-18-15-25-23(26-16-18)33-6-2/h7-8,13,15-16,19,27,31-32H,5-6,9-12,14H2,1-4H3,(H,29,30). The first-order valence-corrected chi connectivity index (χ1v) is 13.5. The Morgan fingerprint density at radius 2 is 1.85 bits per heavy atom. The van der Waals surface area contributed by atoms with Gasteiger partial charge in [0, 0.05) is 29.5 Å². The van der Waals surface area contributed by atoms with Crippen molar-refractivity contribution in [2.45, 2.75) is 58.4 Å². The van der Waals surface area contributed by atoms with Crippen molar-refractivity contribution in [1.82, 2.24) is 9.97 Å². The van der Waals surface area contributed by atoms with Crippen LogP contribution in [-0.2, 0) is 10.2 Å². The molecule has 1 aliphatic rings. The summed E-state index contributed by atoms with van der Waals surface area (Å²) in [5.41, 5.74) is 2.82. The average Bonchev–Trinajstić information content (AvgIpc) is 2.77. The molecule has 0 amide bonds. The third kappa shape index (κ3) is 6.52. The minimum absolute atomic E-state index is 0.00985. The Labute approximate surface area is 202 Å². The van der Waals surface area contributed by atoms with Gasteiger partial charge in [0.2, 0.25) is 0 Å². The van der Waals surface area contributed by atoms with Gasteiger partial charge in [-0.25, -0.2) is 9.97 Å². The lowest BCUT2D eigenvalue weighted by Crippen LogP contribution is -2.40. The number of aliphatic carboxylic acids is 1. The Hall–Kier alpha value is -2.56. The van der Waals surface area contributed by atoms with Crippen molar-refractivity contribution in [2.75, 3.05) is 34.9 Å². The Morgan fingerprint density at radius 3 is 2.41 bits per heavy atom. The first-order chi connectivity index (χ1) is 16.0. The molecule has 0 spiro atoms. The van der Waals surface area contributed by atoms with Crippen molar-refractivity contribution in [2.24, 2.45) is 0 Å². The first kappa shape index (κ1) is 26.1. The Balaban J connectivity index is 1.97. The molecule has 1 fully saturated rings. The molecule has 1 saturated heterocycles. The third-order valence-corrected chi connectivity index (χ3v) is 7.98. The van der Waals surface area contributed by atoms with Crippen molar-refractivity contribution >= 4 is 33.6 Å². The van der Waals surface area contributed by atoms with Crippen molar-refractivity contribution in [3.63, 3.8) is 0 Å². The summed E-state index contributed by atoms with van der Waals surface area (Å²) in [6.45, 7) is 9.02. The lowest BCUT2D eigenvalue weighted by Gasteiger charge is -2.44. The average molecular weight is 493 g/mol. The maximum absolute atomic E-state index is 11.4. The minimum atomic E-state index is -2.47. The molecular formula is C24H36N4O5S. The molecule has 2 heterocycles. The molecule has 0 radical (unpaired) electrons. The molecule has 0 saturated carbocycles. The van der Waals surface area contributed by atoms with Crippen LogP contribution in [0.15, 0.2) is 30.6 Å². The van der Waals surface area contributed by atoms with Crippen molar-refractivity contribution < 1.29 is 23.7 Å². The van der Waals surface area contributed by atoms with E-state index < -0.39 is 22.0 Å². The number of hydrogen-bond acceptors (Lipinski definition) is 8. The molecule has 1 aromatic carbocycles. The fourth-order valence-corrected chi connectivity index (χ4v) is 5.86. The van der Waals surface area contributed by atoms with E-state index >= 15 is 0 Å². The highest BCUT2D eigenvalue weighted by molar-refractivity contribution is 8.24. The SMILES string of the molecule is CCOc1ncc(Nc2cc(C(C)(C)CC(=O)O)ccc2N(CC)C2CCS(O)(O)CC2)cn1. The molecule has 9 nitrogen and oxygen atoms in total. The predicted molar refractivity (Wildman–Crippen MR) is 137 cm³/mol. The van der Waals surface area contributed by atoms with Gasteiger partial charge in [0.25, 0.3) is 0 Å². The summed E-state index contributed by atoms with van der Waals surface area (Å²) >= 11 is 0. The van der Waals surface area contributed by atoms with E-state index in [9.17, 15) is 19.0 Å². The van der Waals surface area contributed by atoms with Crippen LogP contribution in [0.25, 0.3) is 0 Å². The molecule has 2 aromatic rings. The highest BCUT2D eigenvalue weighted by atomic mass is 32.3. The number of ether oxygens (including phenoxy) is 1. The van der Waals surface area contributed by atoms with Crippen LogP contribution in [0, 0.1) is 0 Å². The topological polar surface area (TPSA) is 128 Å². The van der Waals surface area contributed by atoms with Crippen LogP contribution >= 0.6 is 10.6 Å². The highest BCUT2D eigenvalue weighted by Gasteiger charge is 2.30. The molecule has 188 valence electrons. The number of aromatic nitrogens is 2. The number of benzene rings is 1. The van der Waals surface area contributed by atoms with E-state index in [4.69, 9.17) is 4.74 Å². The predicted octanol–water partition coefficient (Wildman–Crippen LogP) is 5.11. The fourth-order valence-electron chi connectivity index (χ4n) is 4.36. The zero-order valence-corrected chi connectivity index (χ0v) is 21.1. The van der Waals surface area contributed by atoms with E-state index in [0.29, 0.717) is 42.7 Å². The van der Waals surface area contributed by atoms with Gasteiger partial charge < -0.3 is 20.1 Å². The van der Waals surface area contributed by atoms with E-state index in [1.165, 1.54) is 0 Å². The number of carbonyl (C=O) groups is 1. The summed E-state index contributed by atoms with van der Waals surface area (Å²) in [6.07, 6.45) is 4.73. The summed E-state index contributed by atoms with van der Waals surface area (Å²) in [6, 6.07) is 6.48. The lowest BCUT2D eigenvalue weighted by molar-refractivity contribution is -0.138. The second kappa shape index (κ2) is 10.8. The molecule has 1 aliphatic heterocycles. The van der Waals surface area contributed by atoms with E-state index in [-0.39, 0.29) is 12.5 Å². The van der Waals surface area contributed by atoms with Gasteiger partial charge in [-0.2, -0.15) is 10.6 Å². The first-order valence-electron chi connectivity index (χ1n) is 11.6. The number of anilines is 3. The lowest BCUT2D eigenvalue weighted by atomic mass is 9.81. The number of hydrogen-bond donors (Lipinski definition) is 4. The molecule has 3 rings (SSSR count). The fraction of sp³-hybridized carbons (Fsp3) is 0.542. The van der Waals surface area contributed by atoms with Gasteiger partial charge in [-0.05, 0) is 44.4 Å². The summed E-state index contributed by atoms with van der Waals surface area (Å²) in [7, 11) is -2.47. The van der Waals surface area contributed by atoms with E-state index in [1.807, 2.05) is 39.0 Å². The van der Waals surface area contributed by atoms with Gasteiger partial charge in [0.1, 0.15) is 0 Å². The zero-order chi connectivity index (χ0) is 24.9. The molecule has 0 unspecified atom stereocenters. The smallest absolute Gasteiger partial charge is 0.316 e. The minimum Gasteiger partial charge on any atom is -0.481 e. The summed E-state index contributed by atoms with van der Waals surface area (Å²) < 4.78 is 25.5. The largest absolute Gasteiger partial charge is 0.481 e. The van der Waals surface area contributed by atoms with Crippen LogP contribution in [0.3, 0.4) is 0 Å². The van der Waals surface area contributed by atoms with Gasteiger partial charge >= 0.3 is 12.0 Å². The summed E-state index contributed by atoms with van der Waals surface area (Å²) in [5.74, 6) is -0.0271. The van der Waals surface area contributed by atoms with E-state index in [1.54, 1.807) is 12.4 Å². The van der Waals surface area contributed by atoms with E-state index in [0.717, 1.165) is 23.5 Å². The van der Waals surface area contributed by atoms with Crippen LogP contribution in [0.2, 0.25) is 0 Å². The van der Waals surface area contributed by atoms with Crippen molar-refractivity contribution in [1.29, 1.82) is 0 Å². The number of carboxylic acid groups (broad SMARTS) is 1. The summed E-state index contributed by atoms with van der Waals surface area (Å²) in [4.78, 5) is 22.2. The second-order valence-electron chi connectivity index (χ2n) is 9.23. The number of nitrogens with one attached hydrogen (secondary N) is 1. The van der Waals surface area contributed by atoms with Crippen molar-refractivity contribution in [3.8, 4) is 6.01 Å². The number of rotatable bonds is 10. The summed E-state index contributed by atoms with van der Waals surface area (Å²) in [5, 5.41) is 12.8. The van der Waals surface area contributed by atoms with Gasteiger partial charge in [-0.1, -0.05) is 19.9 Å². The Morgan fingerprint density at radius 1 is 1.21 bits per heavy atom. The van der Waals surface area contributed by atoms with Crippen molar-refractivity contribution in [3.05, 3.63) is 36.2 Å². The van der Waals surface area contributed by atoms with Crippen LogP contribution in [0.5, 0.6) is 6.01 Å². The Bertz CT molecular complexity index is 974. The monoisotopic (exact) mass is 492 g/mol. The van der Waals surface area contributed by atoms with E-state index in [2.05, 4.69) is 27.1 Å². The number of nitrogens with zero attached hydrogens (tertiary/aromatic N) is 3. The zero-order valence-electron chi connectivity index (χ0n) is 20.3. The second-order valence-corrected chi connectivity index (χ2v) is 11.6. The normalized spacial score (nSPS) is 17.1. The molecule has 4 N–H and O–H groups in total.